The topological polar surface area (TPSA) is 21.3 Å². The van der Waals surface area contributed by atoms with Crippen LogP contribution in [0.5, 0.6) is 0 Å². The molecule has 3 heteroatoms. The molecule has 2 rings (SSSR count). The molecule has 1 N–H and O–H groups in total. The van der Waals surface area contributed by atoms with Gasteiger partial charge in [-0.25, -0.2) is 0 Å². The highest BCUT2D eigenvalue weighted by molar-refractivity contribution is 14.1. The van der Waals surface area contributed by atoms with E-state index in [1.807, 2.05) is 0 Å². The summed E-state index contributed by atoms with van der Waals surface area (Å²) in [6.07, 6.45) is 0. The van der Waals surface area contributed by atoms with Crippen LogP contribution in [0, 0.1) is 3.57 Å². The van der Waals surface area contributed by atoms with Crippen molar-refractivity contribution in [3.8, 4) is 0 Å². The molecule has 2 aromatic carbocycles. The van der Waals surface area contributed by atoms with Crippen molar-refractivity contribution in [3.05, 3.63) is 63.2 Å². The van der Waals surface area contributed by atoms with Crippen molar-refractivity contribution in [2.45, 2.75) is 13.2 Å². The van der Waals surface area contributed by atoms with Gasteiger partial charge in [0.25, 0.3) is 0 Å². The van der Waals surface area contributed by atoms with Crippen molar-refractivity contribution in [3.63, 3.8) is 0 Å². The van der Waals surface area contributed by atoms with Crippen molar-refractivity contribution < 1.29 is 4.74 Å². The van der Waals surface area contributed by atoms with Gasteiger partial charge in [0.15, 0.2) is 0 Å². The van der Waals surface area contributed by atoms with E-state index >= 15 is 0 Å². The number of methoxy groups -OCH3 is 1. The van der Waals surface area contributed by atoms with Crippen LogP contribution in [0.3, 0.4) is 0 Å². The Balaban J connectivity index is 1.93. The number of hydrogen-bond acceptors (Lipinski definition) is 2. The van der Waals surface area contributed by atoms with E-state index in [0.717, 1.165) is 12.2 Å². The predicted molar refractivity (Wildman–Crippen MR) is 83.6 cm³/mol. The largest absolute Gasteiger partial charge is 0.381 e. The predicted octanol–water partition coefficient (Wildman–Crippen LogP) is 4.05. The number of hydrogen-bond donors (Lipinski definition) is 1. The van der Waals surface area contributed by atoms with E-state index in [9.17, 15) is 0 Å². The zero-order valence-corrected chi connectivity index (χ0v) is 12.5. The van der Waals surface area contributed by atoms with Crippen molar-refractivity contribution in [1.82, 2.24) is 0 Å². The molecule has 0 amide bonds. The molecule has 0 aromatic heterocycles. The van der Waals surface area contributed by atoms with Crippen LogP contribution in [0.25, 0.3) is 0 Å². The van der Waals surface area contributed by atoms with Gasteiger partial charge in [0.05, 0.1) is 6.61 Å². The Bertz CT molecular complexity index is 496. The van der Waals surface area contributed by atoms with E-state index in [2.05, 4.69) is 76.4 Å². The van der Waals surface area contributed by atoms with E-state index in [1.165, 1.54) is 14.7 Å². The Morgan fingerprint density at radius 1 is 1.06 bits per heavy atom. The third-order valence-corrected chi connectivity index (χ3v) is 3.33. The summed E-state index contributed by atoms with van der Waals surface area (Å²) < 4.78 is 6.34. The lowest BCUT2D eigenvalue weighted by Crippen LogP contribution is -1.99. The molecule has 18 heavy (non-hydrogen) atoms. The van der Waals surface area contributed by atoms with E-state index < -0.39 is 0 Å². The van der Waals surface area contributed by atoms with Gasteiger partial charge in [-0.1, -0.05) is 30.3 Å². The van der Waals surface area contributed by atoms with Gasteiger partial charge in [-0.3, -0.25) is 0 Å². The standard InChI is InChI=1S/C15H16INO/c1-18-11-13-7-5-12(6-8-13)10-17-15-4-2-3-14(16)9-15/h2-9,17H,10-11H2,1H3. The third-order valence-electron chi connectivity index (χ3n) is 2.66. The highest BCUT2D eigenvalue weighted by Gasteiger charge is 1.96. The molecule has 0 aliphatic carbocycles. The van der Waals surface area contributed by atoms with Gasteiger partial charge in [-0.05, 0) is 51.9 Å². The summed E-state index contributed by atoms with van der Waals surface area (Å²) in [7, 11) is 1.71. The smallest absolute Gasteiger partial charge is 0.0713 e. The molecule has 0 fully saturated rings. The minimum absolute atomic E-state index is 0.671. The summed E-state index contributed by atoms with van der Waals surface area (Å²) in [5, 5.41) is 3.42. The second-order valence-electron chi connectivity index (χ2n) is 4.11. The first kappa shape index (κ1) is 13.4. The summed E-state index contributed by atoms with van der Waals surface area (Å²) in [4.78, 5) is 0. The molecule has 0 heterocycles. The van der Waals surface area contributed by atoms with Crippen LogP contribution in [0.15, 0.2) is 48.5 Å². The second kappa shape index (κ2) is 6.75. The quantitative estimate of drug-likeness (QED) is 0.819. The summed E-state index contributed by atoms with van der Waals surface area (Å²) in [6.45, 7) is 1.51. The van der Waals surface area contributed by atoms with Gasteiger partial charge in [-0.2, -0.15) is 0 Å². The molecule has 0 saturated carbocycles. The van der Waals surface area contributed by atoms with Crippen molar-refractivity contribution >= 4 is 28.3 Å². The Labute approximate surface area is 122 Å². The van der Waals surface area contributed by atoms with E-state index in [0.29, 0.717) is 6.61 Å². The second-order valence-corrected chi connectivity index (χ2v) is 5.36. The van der Waals surface area contributed by atoms with E-state index in [-0.39, 0.29) is 0 Å². The van der Waals surface area contributed by atoms with Crippen LogP contribution in [-0.2, 0) is 17.9 Å². The Hall–Kier alpha value is -1.07. The van der Waals surface area contributed by atoms with Gasteiger partial charge in [0, 0.05) is 22.9 Å². The van der Waals surface area contributed by atoms with E-state index in [4.69, 9.17) is 4.74 Å². The summed E-state index contributed by atoms with van der Waals surface area (Å²) in [5.74, 6) is 0. The van der Waals surface area contributed by atoms with Crippen LogP contribution in [0.1, 0.15) is 11.1 Å². The highest BCUT2D eigenvalue weighted by atomic mass is 127. The first-order valence-corrected chi connectivity index (χ1v) is 6.92. The first-order chi connectivity index (χ1) is 8.78. The van der Waals surface area contributed by atoms with Crippen LogP contribution >= 0.6 is 22.6 Å². The van der Waals surface area contributed by atoms with Gasteiger partial charge in [-0.15, -0.1) is 0 Å². The van der Waals surface area contributed by atoms with Crippen LogP contribution in [-0.4, -0.2) is 7.11 Å². The van der Waals surface area contributed by atoms with Crippen LogP contribution < -0.4 is 5.32 Å². The Morgan fingerprint density at radius 3 is 2.44 bits per heavy atom. The summed E-state index contributed by atoms with van der Waals surface area (Å²) in [6, 6.07) is 16.9. The zero-order chi connectivity index (χ0) is 12.8. The fourth-order valence-electron chi connectivity index (χ4n) is 1.72. The highest BCUT2D eigenvalue weighted by Crippen LogP contribution is 2.14. The minimum atomic E-state index is 0.671. The molecule has 0 bridgehead atoms. The normalized spacial score (nSPS) is 10.3. The van der Waals surface area contributed by atoms with Gasteiger partial charge >= 0.3 is 0 Å². The average molecular weight is 353 g/mol. The third kappa shape index (κ3) is 3.99. The molecule has 0 unspecified atom stereocenters. The van der Waals surface area contributed by atoms with E-state index in [1.54, 1.807) is 7.11 Å². The monoisotopic (exact) mass is 353 g/mol. The molecule has 2 aromatic rings. The molecule has 0 aliphatic rings. The number of anilines is 1. The number of ether oxygens (including phenoxy) is 1. The first-order valence-electron chi connectivity index (χ1n) is 5.84. The molecular formula is C15H16INO. The fourth-order valence-corrected chi connectivity index (χ4v) is 2.27. The molecule has 94 valence electrons. The lowest BCUT2D eigenvalue weighted by atomic mass is 10.1. The maximum Gasteiger partial charge on any atom is 0.0713 e. The summed E-state index contributed by atoms with van der Waals surface area (Å²) >= 11 is 2.32. The maximum absolute atomic E-state index is 5.09. The molecule has 0 saturated heterocycles. The van der Waals surface area contributed by atoms with Gasteiger partial charge in [0.1, 0.15) is 0 Å². The molecule has 0 aliphatic heterocycles. The van der Waals surface area contributed by atoms with Crippen molar-refractivity contribution in [2.24, 2.45) is 0 Å². The molecule has 0 radical (unpaired) electrons. The fraction of sp³-hybridized carbons (Fsp3) is 0.200. The lowest BCUT2D eigenvalue weighted by molar-refractivity contribution is 0.185. The molecule has 2 nitrogen and oxygen atoms in total. The van der Waals surface area contributed by atoms with Crippen LogP contribution in [0.4, 0.5) is 5.69 Å². The summed E-state index contributed by atoms with van der Waals surface area (Å²) in [5.41, 5.74) is 3.63. The van der Waals surface area contributed by atoms with Crippen molar-refractivity contribution in [2.75, 3.05) is 12.4 Å². The minimum Gasteiger partial charge on any atom is -0.381 e. The molecule has 0 spiro atoms. The lowest BCUT2D eigenvalue weighted by Gasteiger charge is -2.07. The van der Waals surface area contributed by atoms with Gasteiger partial charge < -0.3 is 10.1 Å². The molecular weight excluding hydrogens is 337 g/mol. The Kier molecular flexibility index (Phi) is 5.01. The van der Waals surface area contributed by atoms with Gasteiger partial charge in [0.2, 0.25) is 0 Å². The Morgan fingerprint density at radius 2 is 1.78 bits per heavy atom. The SMILES string of the molecule is COCc1ccc(CNc2cccc(I)c2)cc1. The maximum atomic E-state index is 5.09. The number of benzene rings is 2. The molecule has 0 atom stereocenters. The van der Waals surface area contributed by atoms with Crippen molar-refractivity contribution in [1.29, 1.82) is 0 Å². The number of nitrogens with one attached hydrogen (secondary N) is 1. The number of rotatable bonds is 5. The number of halogens is 1. The average Bonchev–Trinajstić information content (AvgIpc) is 2.38. The van der Waals surface area contributed by atoms with Crippen LogP contribution in [0.2, 0.25) is 0 Å². The zero-order valence-electron chi connectivity index (χ0n) is 10.3.